The van der Waals surface area contributed by atoms with Crippen molar-refractivity contribution >= 4 is 5.69 Å². The highest BCUT2D eigenvalue weighted by atomic mass is 16.6. The molecule has 21 heavy (non-hydrogen) atoms. The van der Waals surface area contributed by atoms with Crippen LogP contribution in [0.2, 0.25) is 0 Å². The summed E-state index contributed by atoms with van der Waals surface area (Å²) in [4.78, 5) is 12.6. The van der Waals surface area contributed by atoms with Crippen molar-refractivity contribution in [3.63, 3.8) is 0 Å². The summed E-state index contributed by atoms with van der Waals surface area (Å²) in [5.74, 6) is 0.0581. The van der Waals surface area contributed by atoms with Crippen LogP contribution in [0.15, 0.2) is 47.8 Å². The summed E-state index contributed by atoms with van der Waals surface area (Å²) in [5.41, 5.74) is 3.25. The Bertz CT molecular complexity index is 573. The van der Waals surface area contributed by atoms with Gasteiger partial charge in [-0.05, 0) is 26.3 Å². The molecule has 1 heterocycles. The van der Waals surface area contributed by atoms with E-state index in [9.17, 15) is 10.1 Å². The van der Waals surface area contributed by atoms with Gasteiger partial charge in [0.05, 0.1) is 4.92 Å². The number of allylic oxidation sites excluding steroid dienone is 4. The first kappa shape index (κ1) is 15.3. The number of nitro benzene ring substituents is 1. The highest BCUT2D eigenvalue weighted by molar-refractivity contribution is 5.41. The molecule has 112 valence electrons. The first-order valence-corrected chi connectivity index (χ1v) is 6.99. The van der Waals surface area contributed by atoms with E-state index in [0.29, 0.717) is 13.3 Å². The molecule has 0 N–H and O–H groups in total. The van der Waals surface area contributed by atoms with Gasteiger partial charge in [-0.3, -0.25) is 10.1 Å². The minimum atomic E-state index is -0.360. The molecule has 0 aliphatic carbocycles. The number of hydrogen-bond donors (Lipinski definition) is 0. The zero-order valence-electron chi connectivity index (χ0n) is 12.6. The Morgan fingerprint density at radius 1 is 1.29 bits per heavy atom. The molecule has 0 aromatic heterocycles. The Labute approximate surface area is 124 Å². The van der Waals surface area contributed by atoms with Crippen LogP contribution in [-0.2, 0) is 4.74 Å². The van der Waals surface area contributed by atoms with Gasteiger partial charge in [0, 0.05) is 36.1 Å². The van der Waals surface area contributed by atoms with Crippen molar-refractivity contribution in [3.05, 3.63) is 63.5 Å². The van der Waals surface area contributed by atoms with E-state index in [1.807, 2.05) is 26.8 Å². The zero-order valence-corrected chi connectivity index (χ0v) is 12.6. The number of nitro groups is 1. The van der Waals surface area contributed by atoms with Crippen molar-refractivity contribution < 1.29 is 9.66 Å². The van der Waals surface area contributed by atoms with Gasteiger partial charge in [0.15, 0.2) is 0 Å². The maximum atomic E-state index is 10.9. The van der Waals surface area contributed by atoms with Crippen molar-refractivity contribution in [2.24, 2.45) is 0 Å². The monoisotopic (exact) mass is 288 g/mol. The summed E-state index contributed by atoms with van der Waals surface area (Å²) in [7, 11) is 0. The molecule has 1 aromatic rings. The predicted octanol–water partition coefficient (Wildman–Crippen LogP) is 3.80. The molecule has 1 aromatic carbocycles. The fraction of sp³-hybridized carbons (Fsp3) is 0.375. The molecule has 0 atom stereocenters. The summed E-state index contributed by atoms with van der Waals surface area (Å²) in [6.07, 6.45) is 4.20. The van der Waals surface area contributed by atoms with Crippen LogP contribution >= 0.6 is 0 Å². The molecule has 1 aliphatic rings. The van der Waals surface area contributed by atoms with Gasteiger partial charge in [-0.15, -0.1) is 0 Å². The third-order valence-electron chi connectivity index (χ3n) is 3.58. The number of ether oxygens (including phenoxy) is 1. The molecule has 0 saturated heterocycles. The molecular formula is C16H20N2O3. The van der Waals surface area contributed by atoms with Gasteiger partial charge < -0.3 is 9.64 Å². The van der Waals surface area contributed by atoms with E-state index in [-0.39, 0.29) is 16.5 Å². The molecule has 0 bridgehead atoms. The summed E-state index contributed by atoms with van der Waals surface area (Å²) in [6, 6.07) is 6.80. The molecule has 2 rings (SSSR count). The Balaban J connectivity index is 2.25. The third-order valence-corrected chi connectivity index (χ3v) is 3.58. The number of non-ortho nitro benzene ring substituents is 1. The van der Waals surface area contributed by atoms with Crippen LogP contribution in [0.5, 0.6) is 0 Å². The van der Waals surface area contributed by atoms with E-state index >= 15 is 0 Å². The first-order chi connectivity index (χ1) is 10.0. The van der Waals surface area contributed by atoms with E-state index in [0.717, 1.165) is 17.0 Å². The lowest BCUT2D eigenvalue weighted by Crippen LogP contribution is -2.26. The topological polar surface area (TPSA) is 55.6 Å². The van der Waals surface area contributed by atoms with Crippen molar-refractivity contribution in [1.29, 1.82) is 0 Å². The lowest BCUT2D eigenvalue weighted by Gasteiger charge is -2.31. The highest BCUT2D eigenvalue weighted by Gasteiger charge is 2.19. The average molecular weight is 288 g/mol. The summed E-state index contributed by atoms with van der Waals surface area (Å²) in [6.45, 7) is 7.22. The summed E-state index contributed by atoms with van der Waals surface area (Å²) >= 11 is 0. The van der Waals surface area contributed by atoms with E-state index in [4.69, 9.17) is 4.74 Å². The van der Waals surface area contributed by atoms with Crippen molar-refractivity contribution in [1.82, 2.24) is 4.90 Å². The minimum absolute atomic E-state index is 0.0581. The molecule has 0 unspecified atom stereocenters. The number of benzene rings is 1. The molecule has 5 heteroatoms. The van der Waals surface area contributed by atoms with Gasteiger partial charge in [-0.25, -0.2) is 0 Å². The maximum Gasteiger partial charge on any atom is 0.269 e. The Morgan fingerprint density at radius 2 is 1.95 bits per heavy atom. The lowest BCUT2D eigenvalue weighted by atomic mass is 9.94. The number of hydrogen-bond acceptors (Lipinski definition) is 4. The summed E-state index contributed by atoms with van der Waals surface area (Å²) in [5, 5.41) is 10.9. The standard InChI is InChI=1S/C16H20N2O3/c1-4-21-11-17-12(2)8-15(9-13(17)3)14-6-5-7-16(10-14)18(19)20/h5-10,15H,4,11H2,1-3H3. The molecule has 0 amide bonds. The minimum Gasteiger partial charge on any atom is -0.361 e. The van der Waals surface area contributed by atoms with Crippen LogP contribution in [0.3, 0.4) is 0 Å². The SMILES string of the molecule is CCOCN1C(C)=CC(c2cccc([N+](=O)[O-])c2)C=C1C. The van der Waals surface area contributed by atoms with Gasteiger partial charge >= 0.3 is 0 Å². The molecule has 5 nitrogen and oxygen atoms in total. The predicted molar refractivity (Wildman–Crippen MR) is 81.7 cm³/mol. The summed E-state index contributed by atoms with van der Waals surface area (Å²) < 4.78 is 5.46. The molecule has 0 fully saturated rings. The van der Waals surface area contributed by atoms with E-state index in [1.165, 1.54) is 6.07 Å². The average Bonchev–Trinajstić information content (AvgIpc) is 2.46. The quantitative estimate of drug-likeness (QED) is 0.611. The van der Waals surface area contributed by atoms with Gasteiger partial charge in [0.2, 0.25) is 0 Å². The van der Waals surface area contributed by atoms with Crippen LogP contribution in [-0.4, -0.2) is 23.2 Å². The van der Waals surface area contributed by atoms with Gasteiger partial charge in [-0.1, -0.05) is 24.3 Å². The van der Waals surface area contributed by atoms with Crippen molar-refractivity contribution in [2.75, 3.05) is 13.3 Å². The van der Waals surface area contributed by atoms with Crippen LogP contribution < -0.4 is 0 Å². The maximum absolute atomic E-state index is 10.9. The second kappa shape index (κ2) is 6.54. The fourth-order valence-electron chi connectivity index (χ4n) is 2.45. The molecule has 1 aliphatic heterocycles. The second-order valence-corrected chi connectivity index (χ2v) is 5.04. The molecule has 0 radical (unpaired) electrons. The smallest absolute Gasteiger partial charge is 0.269 e. The van der Waals surface area contributed by atoms with Crippen LogP contribution in [0.4, 0.5) is 5.69 Å². The van der Waals surface area contributed by atoms with Gasteiger partial charge in [0.1, 0.15) is 6.73 Å². The molecule has 0 spiro atoms. The van der Waals surface area contributed by atoms with Gasteiger partial charge in [0.25, 0.3) is 5.69 Å². The Morgan fingerprint density at radius 3 is 2.52 bits per heavy atom. The number of nitrogens with zero attached hydrogens (tertiary/aromatic N) is 2. The second-order valence-electron chi connectivity index (χ2n) is 5.04. The normalized spacial score (nSPS) is 15.7. The third kappa shape index (κ3) is 3.49. The lowest BCUT2D eigenvalue weighted by molar-refractivity contribution is -0.384. The van der Waals surface area contributed by atoms with E-state index < -0.39 is 0 Å². The fourth-order valence-corrected chi connectivity index (χ4v) is 2.45. The van der Waals surface area contributed by atoms with Crippen molar-refractivity contribution in [3.8, 4) is 0 Å². The van der Waals surface area contributed by atoms with E-state index in [2.05, 4.69) is 17.1 Å². The Hall–Kier alpha value is -2.14. The number of rotatable bonds is 5. The van der Waals surface area contributed by atoms with Crippen LogP contribution in [0.1, 0.15) is 32.3 Å². The van der Waals surface area contributed by atoms with Crippen LogP contribution in [0, 0.1) is 10.1 Å². The largest absolute Gasteiger partial charge is 0.361 e. The highest BCUT2D eigenvalue weighted by Crippen LogP contribution is 2.31. The van der Waals surface area contributed by atoms with E-state index in [1.54, 1.807) is 12.1 Å². The van der Waals surface area contributed by atoms with Crippen LogP contribution in [0.25, 0.3) is 0 Å². The Kier molecular flexibility index (Phi) is 4.75. The van der Waals surface area contributed by atoms with Gasteiger partial charge in [-0.2, -0.15) is 0 Å². The zero-order chi connectivity index (χ0) is 15.4. The van der Waals surface area contributed by atoms with Crippen molar-refractivity contribution in [2.45, 2.75) is 26.7 Å². The molecular weight excluding hydrogens is 268 g/mol. The first-order valence-electron chi connectivity index (χ1n) is 6.99. The molecule has 0 saturated carbocycles.